The highest BCUT2D eigenvalue weighted by Gasteiger charge is 2.39. The van der Waals surface area contributed by atoms with E-state index in [1.54, 1.807) is 36.4 Å². The van der Waals surface area contributed by atoms with Crippen molar-refractivity contribution in [3.05, 3.63) is 54.5 Å². The Balaban J connectivity index is 2.27. The molecule has 0 saturated carbocycles. The number of nitrogens with zero attached hydrogens (tertiary/aromatic N) is 4. The van der Waals surface area contributed by atoms with Crippen LogP contribution in [0.2, 0.25) is 0 Å². The van der Waals surface area contributed by atoms with E-state index in [1.807, 2.05) is 0 Å². The van der Waals surface area contributed by atoms with Gasteiger partial charge in [0.25, 0.3) is 5.95 Å². The number of anilines is 1. The predicted octanol–water partition coefficient (Wildman–Crippen LogP) is 2.93. The first-order valence-electron chi connectivity index (χ1n) is 6.27. The van der Waals surface area contributed by atoms with Crippen LogP contribution in [0.25, 0.3) is 17.1 Å². The Morgan fingerprint density at radius 3 is 2.18 bits per heavy atom. The molecule has 0 amide bonds. The van der Waals surface area contributed by atoms with E-state index >= 15 is 0 Å². The SMILES string of the molecule is Nc1c(-c2ccccc2)c(C(F)(F)F)nn1-c1ncccn1. The summed E-state index contributed by atoms with van der Waals surface area (Å²) in [5.41, 5.74) is 4.97. The molecule has 22 heavy (non-hydrogen) atoms. The molecular formula is C14H10F3N5. The fraction of sp³-hybridized carbons (Fsp3) is 0.0714. The molecule has 0 unspecified atom stereocenters. The van der Waals surface area contributed by atoms with E-state index in [1.165, 1.54) is 12.4 Å². The van der Waals surface area contributed by atoms with E-state index in [2.05, 4.69) is 15.1 Å². The molecule has 0 bridgehead atoms. The van der Waals surface area contributed by atoms with E-state index in [9.17, 15) is 13.2 Å². The molecule has 2 heterocycles. The largest absolute Gasteiger partial charge is 0.435 e. The number of benzene rings is 1. The lowest BCUT2D eigenvalue weighted by Crippen LogP contribution is -2.09. The first kappa shape index (κ1) is 14.1. The summed E-state index contributed by atoms with van der Waals surface area (Å²) in [5.74, 6) is -0.183. The molecule has 0 spiro atoms. The molecule has 0 aliphatic rings. The number of hydrogen-bond donors (Lipinski definition) is 1. The minimum absolute atomic E-state index is 0.0207. The Bertz CT molecular complexity index is 781. The van der Waals surface area contributed by atoms with Gasteiger partial charge in [0, 0.05) is 12.4 Å². The molecule has 2 aromatic heterocycles. The van der Waals surface area contributed by atoms with Crippen molar-refractivity contribution in [2.24, 2.45) is 0 Å². The van der Waals surface area contributed by atoms with Crippen molar-refractivity contribution in [3.8, 4) is 17.1 Å². The van der Waals surface area contributed by atoms with Crippen LogP contribution in [0.1, 0.15) is 5.69 Å². The van der Waals surface area contributed by atoms with Crippen LogP contribution in [0.3, 0.4) is 0 Å². The second-order valence-corrected chi connectivity index (χ2v) is 4.43. The Hall–Kier alpha value is -2.90. The summed E-state index contributed by atoms with van der Waals surface area (Å²) in [5, 5.41) is 3.57. The second-order valence-electron chi connectivity index (χ2n) is 4.43. The number of hydrogen-bond acceptors (Lipinski definition) is 4. The molecule has 0 fully saturated rings. The van der Waals surface area contributed by atoms with E-state index in [0.717, 1.165) is 4.68 Å². The Kier molecular flexibility index (Phi) is 3.28. The lowest BCUT2D eigenvalue weighted by atomic mass is 10.1. The van der Waals surface area contributed by atoms with Gasteiger partial charge in [-0.1, -0.05) is 30.3 Å². The first-order chi connectivity index (χ1) is 10.5. The molecule has 112 valence electrons. The monoisotopic (exact) mass is 305 g/mol. The molecule has 8 heteroatoms. The lowest BCUT2D eigenvalue weighted by molar-refractivity contribution is -0.140. The molecule has 3 aromatic rings. The third-order valence-electron chi connectivity index (χ3n) is 2.99. The summed E-state index contributed by atoms with van der Waals surface area (Å²) in [4.78, 5) is 7.76. The molecule has 1 aromatic carbocycles. The van der Waals surface area contributed by atoms with Gasteiger partial charge in [0.2, 0.25) is 0 Å². The van der Waals surface area contributed by atoms with Crippen LogP contribution in [-0.2, 0) is 6.18 Å². The van der Waals surface area contributed by atoms with Crippen LogP contribution in [0.5, 0.6) is 0 Å². The van der Waals surface area contributed by atoms with Crippen molar-refractivity contribution in [2.75, 3.05) is 5.73 Å². The number of aromatic nitrogens is 4. The lowest BCUT2D eigenvalue weighted by Gasteiger charge is -2.06. The van der Waals surface area contributed by atoms with Gasteiger partial charge in [0.15, 0.2) is 5.69 Å². The maximum Gasteiger partial charge on any atom is 0.435 e. The number of halogens is 3. The van der Waals surface area contributed by atoms with Crippen LogP contribution in [0, 0.1) is 0 Å². The Labute approximate surface area is 123 Å². The minimum Gasteiger partial charge on any atom is -0.383 e. The highest BCUT2D eigenvalue weighted by Crippen LogP contribution is 2.40. The first-order valence-corrected chi connectivity index (χ1v) is 6.27. The molecule has 2 N–H and O–H groups in total. The molecule has 3 rings (SSSR count). The third kappa shape index (κ3) is 2.39. The van der Waals surface area contributed by atoms with Crippen molar-refractivity contribution in [2.45, 2.75) is 6.18 Å². The molecule has 0 atom stereocenters. The average Bonchev–Trinajstić information content (AvgIpc) is 2.87. The number of nitrogens with two attached hydrogens (primary N) is 1. The van der Waals surface area contributed by atoms with Gasteiger partial charge in [-0.3, -0.25) is 0 Å². The predicted molar refractivity (Wildman–Crippen MR) is 74.0 cm³/mol. The van der Waals surface area contributed by atoms with Crippen LogP contribution in [0.15, 0.2) is 48.8 Å². The molecule has 0 aliphatic carbocycles. The van der Waals surface area contributed by atoms with Crippen LogP contribution in [0.4, 0.5) is 19.0 Å². The second kappa shape index (κ2) is 5.14. The molecule has 0 aliphatic heterocycles. The topological polar surface area (TPSA) is 69.6 Å². The van der Waals surface area contributed by atoms with Crippen LogP contribution >= 0.6 is 0 Å². The quantitative estimate of drug-likeness (QED) is 0.790. The van der Waals surface area contributed by atoms with Crippen LogP contribution < -0.4 is 5.73 Å². The van der Waals surface area contributed by atoms with Crippen molar-refractivity contribution >= 4 is 5.82 Å². The summed E-state index contributed by atoms with van der Waals surface area (Å²) in [6.07, 6.45) is -1.84. The summed E-state index contributed by atoms with van der Waals surface area (Å²) in [6.45, 7) is 0. The Morgan fingerprint density at radius 2 is 1.59 bits per heavy atom. The maximum absolute atomic E-state index is 13.3. The smallest absolute Gasteiger partial charge is 0.383 e. The maximum atomic E-state index is 13.3. The highest BCUT2D eigenvalue weighted by molar-refractivity contribution is 5.77. The van der Waals surface area contributed by atoms with Gasteiger partial charge in [-0.25, -0.2) is 9.97 Å². The van der Waals surface area contributed by atoms with Crippen LogP contribution in [-0.4, -0.2) is 19.7 Å². The third-order valence-corrected chi connectivity index (χ3v) is 2.99. The highest BCUT2D eigenvalue weighted by atomic mass is 19.4. The fourth-order valence-corrected chi connectivity index (χ4v) is 2.07. The van der Waals surface area contributed by atoms with Crippen molar-refractivity contribution < 1.29 is 13.2 Å². The Morgan fingerprint density at radius 1 is 0.955 bits per heavy atom. The normalized spacial score (nSPS) is 11.6. The zero-order valence-corrected chi connectivity index (χ0v) is 11.1. The zero-order chi connectivity index (χ0) is 15.7. The fourth-order valence-electron chi connectivity index (χ4n) is 2.07. The average molecular weight is 305 g/mol. The van der Waals surface area contributed by atoms with E-state index < -0.39 is 11.9 Å². The zero-order valence-electron chi connectivity index (χ0n) is 11.1. The van der Waals surface area contributed by atoms with Gasteiger partial charge in [0.1, 0.15) is 5.82 Å². The number of alkyl halides is 3. The minimum atomic E-state index is -4.64. The summed E-state index contributed by atoms with van der Waals surface area (Å²) < 4.78 is 40.7. The van der Waals surface area contributed by atoms with Gasteiger partial charge in [-0.2, -0.15) is 23.0 Å². The van der Waals surface area contributed by atoms with Gasteiger partial charge in [-0.05, 0) is 11.6 Å². The van der Waals surface area contributed by atoms with E-state index in [-0.39, 0.29) is 17.3 Å². The number of rotatable bonds is 2. The van der Waals surface area contributed by atoms with Gasteiger partial charge >= 0.3 is 6.18 Å². The summed E-state index contributed by atoms with van der Waals surface area (Å²) in [7, 11) is 0. The number of nitrogen functional groups attached to an aromatic ring is 1. The molecular weight excluding hydrogens is 295 g/mol. The van der Waals surface area contributed by atoms with Gasteiger partial charge in [0.05, 0.1) is 5.56 Å². The molecule has 5 nitrogen and oxygen atoms in total. The van der Waals surface area contributed by atoms with E-state index in [4.69, 9.17) is 5.73 Å². The van der Waals surface area contributed by atoms with Crippen molar-refractivity contribution in [3.63, 3.8) is 0 Å². The standard InChI is InChI=1S/C14H10F3N5/c15-14(16,17)11-10(9-5-2-1-3-6-9)12(18)22(21-11)13-19-7-4-8-20-13/h1-8H,18H2. The summed E-state index contributed by atoms with van der Waals surface area (Å²) >= 11 is 0. The molecule has 0 radical (unpaired) electrons. The summed E-state index contributed by atoms with van der Waals surface area (Å²) in [6, 6.07) is 9.60. The van der Waals surface area contributed by atoms with Crippen molar-refractivity contribution in [1.29, 1.82) is 0 Å². The van der Waals surface area contributed by atoms with E-state index in [0.29, 0.717) is 5.56 Å². The molecule has 0 saturated heterocycles. The van der Waals surface area contributed by atoms with Gasteiger partial charge in [-0.15, -0.1) is 0 Å². The van der Waals surface area contributed by atoms with Crippen molar-refractivity contribution in [1.82, 2.24) is 19.7 Å². The van der Waals surface area contributed by atoms with Gasteiger partial charge < -0.3 is 5.73 Å².